The highest BCUT2D eigenvalue weighted by Crippen LogP contribution is 2.21. The lowest BCUT2D eigenvalue weighted by Crippen LogP contribution is -2.45. The first kappa shape index (κ1) is 93.1. The lowest BCUT2D eigenvalue weighted by Gasteiger charge is -2.20. The fraction of sp³-hybridized carbons (Fsp3) is 0.910. The van der Waals surface area contributed by atoms with Crippen LogP contribution in [-0.4, -0.2) is 47.4 Å². The molecule has 6 heteroatoms. The van der Waals surface area contributed by atoms with E-state index in [1.165, 1.54) is 424 Å². The molecule has 0 aromatic carbocycles. The topological polar surface area (TPSA) is 95.9 Å². The highest BCUT2D eigenvalue weighted by molar-refractivity contribution is 5.76. The van der Waals surface area contributed by atoms with Crippen LogP contribution in [0, 0.1) is 0 Å². The fourth-order valence-corrected chi connectivity index (χ4v) is 14.0. The van der Waals surface area contributed by atoms with Crippen LogP contribution in [0.3, 0.4) is 0 Å². The molecule has 2 unspecified atom stereocenters. The molecule has 1 amide bonds. The number of esters is 1. The maximum Gasteiger partial charge on any atom is 0.305 e. The second-order valence-corrected chi connectivity index (χ2v) is 30.2. The number of aliphatic hydroxyl groups excluding tert-OH is 2. The summed E-state index contributed by atoms with van der Waals surface area (Å²) in [6, 6.07) is -0.627. The molecule has 0 rings (SSSR count). The number of ether oxygens (including phenoxy) is 1. The molecule has 0 saturated heterocycles. The Morgan fingerprint density at radius 2 is 0.495 bits per heavy atom. The van der Waals surface area contributed by atoms with E-state index in [0.29, 0.717) is 19.4 Å². The van der Waals surface area contributed by atoms with E-state index in [2.05, 4.69) is 43.5 Å². The largest absolute Gasteiger partial charge is 0.466 e. The third-order valence-corrected chi connectivity index (χ3v) is 20.6. The minimum Gasteiger partial charge on any atom is -0.466 e. The van der Waals surface area contributed by atoms with Crippen LogP contribution in [0.1, 0.15) is 495 Å². The van der Waals surface area contributed by atoms with E-state index >= 15 is 0 Å². The number of hydrogen-bond acceptors (Lipinski definition) is 5. The predicted octanol–water partition coefficient (Wildman–Crippen LogP) is 29.3. The summed E-state index contributed by atoms with van der Waals surface area (Å²) >= 11 is 0. The monoisotopic (exact) mass is 1330 g/mol. The molecule has 0 aromatic heterocycles. The maximum absolute atomic E-state index is 12.6. The van der Waals surface area contributed by atoms with Crippen molar-refractivity contribution >= 4 is 11.9 Å². The molecule has 0 heterocycles. The van der Waals surface area contributed by atoms with Crippen molar-refractivity contribution in [3.63, 3.8) is 0 Å². The molecule has 0 aliphatic carbocycles. The van der Waals surface area contributed by atoms with Gasteiger partial charge in [-0.3, -0.25) is 9.59 Å². The minimum absolute atomic E-state index is 0.0189. The highest BCUT2D eigenvalue weighted by Gasteiger charge is 2.18. The standard InChI is InChI=1S/C89H171NO5/c1-3-5-7-9-11-13-15-17-19-21-22-23-24-40-43-46-50-53-57-61-65-69-73-77-81-87(92)86(85-91)90-88(93)82-78-74-70-66-62-58-54-51-47-44-41-38-36-34-32-30-28-26-25-27-29-31-33-35-37-39-42-45-48-52-56-60-64-68-72-76-80-84-95-89(94)83-79-75-71-67-63-59-55-49-20-18-16-14-12-10-8-6-4-2/h18,20,25,27,77,81,86-87,91-92H,3-17,19,21-24,26,28-76,78-80,82-85H2,1-2H3,(H,90,93)/b20-18-,27-25-,81-77+. The highest BCUT2D eigenvalue weighted by atomic mass is 16.5. The third-order valence-electron chi connectivity index (χ3n) is 20.6. The van der Waals surface area contributed by atoms with Crippen molar-refractivity contribution in [2.75, 3.05) is 13.2 Å². The van der Waals surface area contributed by atoms with Crippen molar-refractivity contribution in [3.05, 3.63) is 36.5 Å². The lowest BCUT2D eigenvalue weighted by molar-refractivity contribution is -0.143. The summed E-state index contributed by atoms with van der Waals surface area (Å²) in [5.74, 6) is -0.0396. The summed E-state index contributed by atoms with van der Waals surface area (Å²) in [5, 5.41) is 23.3. The minimum atomic E-state index is -0.844. The molecule has 0 aliphatic rings. The first-order valence-electron chi connectivity index (χ1n) is 43.8. The van der Waals surface area contributed by atoms with Gasteiger partial charge in [-0.1, -0.05) is 436 Å². The number of amides is 1. The Hall–Kier alpha value is -1.92. The molecular formula is C89H171NO5. The van der Waals surface area contributed by atoms with E-state index in [4.69, 9.17) is 4.74 Å². The normalized spacial score (nSPS) is 12.6. The van der Waals surface area contributed by atoms with Crippen LogP contribution >= 0.6 is 0 Å². The Balaban J connectivity index is 3.35. The molecule has 0 aliphatic heterocycles. The molecule has 0 fully saturated rings. The average molecular weight is 1340 g/mol. The average Bonchev–Trinajstić information content (AvgIpc) is 2.97. The Morgan fingerprint density at radius 3 is 0.747 bits per heavy atom. The van der Waals surface area contributed by atoms with Crippen molar-refractivity contribution < 1.29 is 24.5 Å². The zero-order valence-corrected chi connectivity index (χ0v) is 64.7. The zero-order valence-electron chi connectivity index (χ0n) is 64.7. The van der Waals surface area contributed by atoms with Gasteiger partial charge in [0.15, 0.2) is 0 Å². The van der Waals surface area contributed by atoms with Crippen LogP contribution in [0.2, 0.25) is 0 Å². The van der Waals surface area contributed by atoms with Gasteiger partial charge in [-0.05, 0) is 83.5 Å². The summed E-state index contributed by atoms with van der Waals surface area (Å²) in [6.07, 6.45) is 112. The molecule has 0 spiro atoms. The van der Waals surface area contributed by atoms with E-state index in [1.807, 2.05) is 6.08 Å². The summed E-state index contributed by atoms with van der Waals surface area (Å²) in [6.45, 7) is 4.96. The molecule has 0 bridgehead atoms. The van der Waals surface area contributed by atoms with Gasteiger partial charge in [0.25, 0.3) is 0 Å². The van der Waals surface area contributed by atoms with Crippen LogP contribution in [0.25, 0.3) is 0 Å². The van der Waals surface area contributed by atoms with Crippen molar-refractivity contribution in [1.29, 1.82) is 0 Å². The summed E-state index contributed by atoms with van der Waals surface area (Å²) < 4.78 is 5.51. The van der Waals surface area contributed by atoms with E-state index in [9.17, 15) is 19.8 Å². The molecular weight excluding hydrogens is 1160 g/mol. The van der Waals surface area contributed by atoms with Gasteiger partial charge in [-0.2, -0.15) is 0 Å². The Bertz CT molecular complexity index is 1540. The summed E-state index contributed by atoms with van der Waals surface area (Å²) in [5.41, 5.74) is 0. The van der Waals surface area contributed by atoms with Gasteiger partial charge in [0.1, 0.15) is 0 Å². The number of unbranched alkanes of at least 4 members (excludes halogenated alkanes) is 68. The SMILES string of the molecule is CCCCCCCC/C=C\CCCCCCCCCC(=O)OCCCCCCCCCCCCCCCCCC/C=C\CCCCCCCCCCCCCCCCCCCC(=O)NC(CO)C(O)/C=C/CCCCCCCCCCCCCCCCCCCCCCCC. The van der Waals surface area contributed by atoms with Crippen molar-refractivity contribution in [1.82, 2.24) is 5.32 Å². The fourth-order valence-electron chi connectivity index (χ4n) is 14.0. The number of rotatable bonds is 83. The summed E-state index contributed by atoms with van der Waals surface area (Å²) in [7, 11) is 0. The summed E-state index contributed by atoms with van der Waals surface area (Å²) in [4.78, 5) is 24.7. The Morgan fingerprint density at radius 1 is 0.284 bits per heavy atom. The predicted molar refractivity (Wildman–Crippen MR) is 421 cm³/mol. The molecule has 2 atom stereocenters. The number of allylic oxidation sites excluding steroid dienone is 5. The number of carbonyl (C=O) groups excluding carboxylic acids is 2. The maximum atomic E-state index is 12.6. The van der Waals surface area contributed by atoms with Gasteiger partial charge in [0, 0.05) is 12.8 Å². The van der Waals surface area contributed by atoms with Crippen molar-refractivity contribution in [2.24, 2.45) is 0 Å². The lowest BCUT2D eigenvalue weighted by atomic mass is 10.0. The molecule has 0 aromatic rings. The molecule has 95 heavy (non-hydrogen) atoms. The Labute approximate surface area is 595 Å². The smallest absolute Gasteiger partial charge is 0.305 e. The first-order chi connectivity index (χ1) is 47.0. The molecule has 0 saturated carbocycles. The van der Waals surface area contributed by atoms with Gasteiger partial charge in [0.2, 0.25) is 5.91 Å². The van der Waals surface area contributed by atoms with E-state index in [-0.39, 0.29) is 18.5 Å². The second-order valence-electron chi connectivity index (χ2n) is 30.2. The molecule has 562 valence electrons. The number of aliphatic hydroxyl groups is 2. The number of hydrogen-bond donors (Lipinski definition) is 3. The number of carbonyl (C=O) groups is 2. The van der Waals surface area contributed by atoms with Gasteiger partial charge >= 0.3 is 5.97 Å². The van der Waals surface area contributed by atoms with Gasteiger partial charge < -0.3 is 20.3 Å². The second kappa shape index (κ2) is 84.5. The van der Waals surface area contributed by atoms with Gasteiger partial charge in [-0.15, -0.1) is 0 Å². The van der Waals surface area contributed by atoms with Crippen LogP contribution in [-0.2, 0) is 14.3 Å². The quantitative estimate of drug-likeness (QED) is 0.0320. The van der Waals surface area contributed by atoms with Crippen LogP contribution in [0.15, 0.2) is 36.5 Å². The Kier molecular flexibility index (Phi) is 82.8. The molecule has 0 radical (unpaired) electrons. The van der Waals surface area contributed by atoms with E-state index in [0.717, 1.165) is 44.9 Å². The first-order valence-corrected chi connectivity index (χ1v) is 43.8. The third kappa shape index (κ3) is 80.9. The molecule has 3 N–H and O–H groups in total. The van der Waals surface area contributed by atoms with Gasteiger partial charge in [-0.25, -0.2) is 0 Å². The molecule has 6 nitrogen and oxygen atoms in total. The van der Waals surface area contributed by atoms with Crippen LogP contribution in [0.4, 0.5) is 0 Å². The van der Waals surface area contributed by atoms with Crippen molar-refractivity contribution in [2.45, 2.75) is 508 Å². The van der Waals surface area contributed by atoms with Crippen LogP contribution in [0.5, 0.6) is 0 Å². The van der Waals surface area contributed by atoms with E-state index in [1.54, 1.807) is 6.08 Å². The number of nitrogens with one attached hydrogen (secondary N) is 1. The van der Waals surface area contributed by atoms with Crippen molar-refractivity contribution in [3.8, 4) is 0 Å². The van der Waals surface area contributed by atoms with Crippen LogP contribution < -0.4 is 5.32 Å². The van der Waals surface area contributed by atoms with Gasteiger partial charge in [0.05, 0.1) is 25.4 Å². The zero-order chi connectivity index (χ0) is 68.4. The van der Waals surface area contributed by atoms with E-state index < -0.39 is 12.1 Å².